The number of aliphatic hydroxyl groups excluding tert-OH is 1. The fraction of sp³-hybridized carbons (Fsp3) is 0.333. The molecule has 0 fully saturated rings. The van der Waals surface area contributed by atoms with Crippen LogP contribution in [0.4, 0.5) is 13.2 Å². The first-order chi connectivity index (χ1) is 11.7. The average Bonchev–Trinajstić information content (AvgIpc) is 2.53. The molecule has 2 heterocycles. The Morgan fingerprint density at radius 1 is 1.28 bits per heavy atom. The normalized spacial score (nSPS) is 11.4. The summed E-state index contributed by atoms with van der Waals surface area (Å²) in [5, 5.41) is 9.03. The Bertz CT molecular complexity index is 764. The molecule has 0 saturated carbocycles. The van der Waals surface area contributed by atoms with Crippen molar-refractivity contribution in [3.8, 4) is 5.88 Å². The zero-order valence-electron chi connectivity index (χ0n) is 13.0. The molecule has 2 rings (SSSR count). The number of aromatic nitrogens is 3. The summed E-state index contributed by atoms with van der Waals surface area (Å²) in [6.07, 6.45) is -1.39. The molecule has 0 aliphatic rings. The number of aryl methyl sites for hydroxylation is 2. The van der Waals surface area contributed by atoms with Gasteiger partial charge in [-0.15, -0.1) is 0 Å². The molecule has 0 aliphatic heterocycles. The van der Waals surface area contributed by atoms with Gasteiger partial charge >= 0.3 is 12.1 Å². The van der Waals surface area contributed by atoms with Gasteiger partial charge in [0.2, 0.25) is 5.88 Å². The van der Waals surface area contributed by atoms with Crippen molar-refractivity contribution in [2.45, 2.75) is 25.9 Å². The zero-order chi connectivity index (χ0) is 18.6. The second kappa shape index (κ2) is 7.75. The van der Waals surface area contributed by atoms with Crippen molar-refractivity contribution in [1.82, 2.24) is 15.0 Å². The van der Waals surface area contributed by atoms with Crippen LogP contribution in [0.25, 0.3) is 0 Å². The molecule has 0 amide bonds. The third-order valence-electron chi connectivity index (χ3n) is 3.21. The third-order valence-corrected chi connectivity index (χ3v) is 3.53. The fourth-order valence-electron chi connectivity index (χ4n) is 2.04. The van der Waals surface area contributed by atoms with Crippen molar-refractivity contribution < 1.29 is 27.8 Å². The van der Waals surface area contributed by atoms with Gasteiger partial charge < -0.3 is 9.84 Å². The fourth-order valence-corrected chi connectivity index (χ4v) is 2.34. The van der Waals surface area contributed by atoms with Crippen LogP contribution in [0.3, 0.4) is 0 Å². The molecule has 0 radical (unpaired) electrons. The van der Waals surface area contributed by atoms with Gasteiger partial charge in [0.1, 0.15) is 12.4 Å². The Balaban J connectivity index is 2.29. The summed E-state index contributed by atoms with van der Waals surface area (Å²) in [6.45, 7) is 0.794. The lowest BCUT2D eigenvalue weighted by atomic mass is 10.1. The van der Waals surface area contributed by atoms with E-state index in [2.05, 4.69) is 19.7 Å². The lowest BCUT2D eigenvalue weighted by molar-refractivity contribution is -0.143. The molecule has 0 atom stereocenters. The maximum absolute atomic E-state index is 12.9. The molecule has 10 heteroatoms. The highest BCUT2D eigenvalue weighted by Crippen LogP contribution is 2.30. The number of aliphatic hydroxyl groups is 1. The summed E-state index contributed by atoms with van der Waals surface area (Å²) in [5.41, 5.74) is 0.258. The predicted octanol–water partition coefficient (Wildman–Crippen LogP) is 2.54. The number of nitrogens with zero attached hydrogens (tertiary/aromatic N) is 3. The highest BCUT2D eigenvalue weighted by Gasteiger charge is 2.34. The number of rotatable bonds is 5. The highest BCUT2D eigenvalue weighted by atomic mass is 35.5. The van der Waals surface area contributed by atoms with Crippen molar-refractivity contribution >= 4 is 17.6 Å². The van der Waals surface area contributed by atoms with Crippen molar-refractivity contribution in [2.75, 3.05) is 6.61 Å². The van der Waals surface area contributed by atoms with Gasteiger partial charge in [-0.3, -0.25) is 4.98 Å². The predicted molar refractivity (Wildman–Crippen MR) is 81.1 cm³/mol. The number of alkyl halides is 3. The van der Waals surface area contributed by atoms with E-state index in [-0.39, 0.29) is 18.7 Å². The molecular formula is C15H13ClF3N3O3. The second-order valence-electron chi connectivity index (χ2n) is 5.05. The van der Waals surface area contributed by atoms with Crippen LogP contribution in [0, 0.1) is 6.92 Å². The first-order valence-electron chi connectivity index (χ1n) is 7.06. The second-order valence-corrected chi connectivity index (χ2v) is 5.46. The lowest BCUT2D eigenvalue weighted by Crippen LogP contribution is -2.17. The molecule has 0 saturated heterocycles. The van der Waals surface area contributed by atoms with E-state index in [4.69, 9.17) is 16.7 Å². The molecule has 2 aromatic rings. The number of carbonyl (C=O) groups is 1. The molecule has 6 nitrogen and oxygen atoms in total. The number of hydrogen-bond donors (Lipinski definition) is 1. The van der Waals surface area contributed by atoms with E-state index in [1.807, 2.05) is 0 Å². The standard InChI is InChI=1S/C15H13ClF3N3O3/c1-8-5-20-6-10(16)9(8)2-3-12-21-11(15(17,18)19)4-13(22-12)25-14(24)7-23/h4-6,23H,2-3,7H2,1H3. The summed E-state index contributed by atoms with van der Waals surface area (Å²) >= 11 is 6.04. The van der Waals surface area contributed by atoms with Crippen LogP contribution in [0.2, 0.25) is 5.02 Å². The van der Waals surface area contributed by atoms with E-state index in [0.717, 1.165) is 5.56 Å². The minimum absolute atomic E-state index is 0.0399. The molecule has 25 heavy (non-hydrogen) atoms. The van der Waals surface area contributed by atoms with Crippen molar-refractivity contribution in [3.63, 3.8) is 0 Å². The average molecular weight is 376 g/mol. The van der Waals surface area contributed by atoms with E-state index >= 15 is 0 Å². The van der Waals surface area contributed by atoms with Gasteiger partial charge in [0.15, 0.2) is 5.69 Å². The minimum atomic E-state index is -4.73. The Hall–Kier alpha value is -2.26. The van der Waals surface area contributed by atoms with E-state index in [9.17, 15) is 18.0 Å². The molecule has 134 valence electrons. The van der Waals surface area contributed by atoms with Gasteiger partial charge in [0.05, 0.1) is 5.02 Å². The van der Waals surface area contributed by atoms with E-state index in [1.54, 1.807) is 13.1 Å². The Morgan fingerprint density at radius 2 is 2.00 bits per heavy atom. The number of esters is 1. The van der Waals surface area contributed by atoms with Crippen LogP contribution in [0.5, 0.6) is 5.88 Å². The van der Waals surface area contributed by atoms with Gasteiger partial charge in [0, 0.05) is 24.9 Å². The Labute approximate surface area is 145 Å². The molecule has 0 bridgehead atoms. The van der Waals surface area contributed by atoms with Crippen LogP contribution >= 0.6 is 11.6 Å². The maximum atomic E-state index is 12.9. The number of hydrogen-bond acceptors (Lipinski definition) is 6. The summed E-state index contributed by atoms with van der Waals surface area (Å²) in [7, 11) is 0. The largest absolute Gasteiger partial charge is 0.433 e. The SMILES string of the molecule is Cc1cncc(Cl)c1CCc1nc(OC(=O)CO)cc(C(F)(F)F)n1. The van der Waals surface area contributed by atoms with Gasteiger partial charge in [0.25, 0.3) is 0 Å². The van der Waals surface area contributed by atoms with Crippen LogP contribution in [-0.4, -0.2) is 32.6 Å². The number of ether oxygens (including phenoxy) is 1. The van der Waals surface area contributed by atoms with Gasteiger partial charge in [-0.1, -0.05) is 11.6 Å². The first kappa shape index (κ1) is 19.1. The molecular weight excluding hydrogens is 363 g/mol. The summed E-state index contributed by atoms with van der Waals surface area (Å²) < 4.78 is 43.4. The zero-order valence-corrected chi connectivity index (χ0v) is 13.7. The van der Waals surface area contributed by atoms with E-state index in [1.165, 1.54) is 6.20 Å². The number of carbonyl (C=O) groups excluding carboxylic acids is 1. The van der Waals surface area contributed by atoms with Gasteiger partial charge in [-0.25, -0.2) is 9.78 Å². The lowest BCUT2D eigenvalue weighted by Gasteiger charge is -2.11. The number of halogens is 4. The van der Waals surface area contributed by atoms with Crippen LogP contribution in [-0.2, 0) is 23.8 Å². The molecule has 2 aromatic heterocycles. The quantitative estimate of drug-likeness (QED) is 0.808. The Morgan fingerprint density at radius 3 is 2.60 bits per heavy atom. The summed E-state index contributed by atoms with van der Waals surface area (Å²) in [6, 6.07) is 0.502. The summed E-state index contributed by atoms with van der Waals surface area (Å²) in [4.78, 5) is 22.2. The van der Waals surface area contributed by atoms with E-state index < -0.39 is 30.3 Å². The summed E-state index contributed by atoms with van der Waals surface area (Å²) in [5.74, 6) is -1.86. The minimum Gasteiger partial charge on any atom is -0.406 e. The smallest absolute Gasteiger partial charge is 0.406 e. The first-order valence-corrected chi connectivity index (χ1v) is 7.44. The highest BCUT2D eigenvalue weighted by molar-refractivity contribution is 6.31. The van der Waals surface area contributed by atoms with Gasteiger partial charge in [-0.2, -0.15) is 18.2 Å². The van der Waals surface area contributed by atoms with Crippen LogP contribution in [0.15, 0.2) is 18.5 Å². The molecule has 0 spiro atoms. The number of pyridine rings is 1. The van der Waals surface area contributed by atoms with E-state index in [0.29, 0.717) is 16.7 Å². The van der Waals surface area contributed by atoms with Crippen molar-refractivity contribution in [1.29, 1.82) is 0 Å². The molecule has 0 aliphatic carbocycles. The van der Waals surface area contributed by atoms with Crippen molar-refractivity contribution in [3.05, 3.63) is 46.1 Å². The maximum Gasteiger partial charge on any atom is 0.433 e. The molecule has 0 aromatic carbocycles. The molecule has 0 unspecified atom stereocenters. The topological polar surface area (TPSA) is 85.2 Å². The van der Waals surface area contributed by atoms with Gasteiger partial charge in [-0.05, 0) is 24.5 Å². The van der Waals surface area contributed by atoms with Crippen LogP contribution < -0.4 is 4.74 Å². The van der Waals surface area contributed by atoms with Crippen molar-refractivity contribution in [2.24, 2.45) is 0 Å². The van der Waals surface area contributed by atoms with Crippen LogP contribution in [0.1, 0.15) is 22.6 Å². The Kier molecular flexibility index (Phi) is 5.91. The monoisotopic (exact) mass is 375 g/mol. The molecule has 1 N–H and O–H groups in total. The third kappa shape index (κ3) is 5.10.